The van der Waals surface area contributed by atoms with Gasteiger partial charge in [-0.2, -0.15) is 0 Å². The Morgan fingerprint density at radius 2 is 2.08 bits per heavy atom. The number of hydrogen-bond donors (Lipinski definition) is 2. The Bertz CT molecular complexity index is 671. The van der Waals surface area contributed by atoms with Gasteiger partial charge in [0.25, 0.3) is 0 Å². The maximum atomic E-state index is 11.3. The van der Waals surface area contributed by atoms with E-state index in [1.807, 2.05) is 0 Å². The summed E-state index contributed by atoms with van der Waals surface area (Å²) >= 11 is 0. The van der Waals surface area contributed by atoms with Crippen molar-refractivity contribution in [2.75, 3.05) is 7.11 Å². The molecule has 2 saturated carbocycles. The molecule has 0 heterocycles. The van der Waals surface area contributed by atoms with Crippen molar-refractivity contribution in [3.05, 3.63) is 29.3 Å². The van der Waals surface area contributed by atoms with Gasteiger partial charge >= 0.3 is 0 Å². The Kier molecular flexibility index (Phi) is 4.60. The first-order valence-corrected chi connectivity index (χ1v) is 10.5. The fourth-order valence-corrected chi connectivity index (χ4v) is 6.59. The number of aryl methyl sites for hydroxylation is 1. The van der Waals surface area contributed by atoms with Crippen LogP contribution in [0.25, 0.3) is 0 Å². The molecular formula is C23H34O3. The van der Waals surface area contributed by atoms with Gasteiger partial charge in [0, 0.05) is 0 Å². The Hall–Kier alpha value is -1.06. The monoisotopic (exact) mass is 358 g/mol. The molecule has 3 aliphatic carbocycles. The average Bonchev–Trinajstić information content (AvgIpc) is 2.87. The van der Waals surface area contributed by atoms with Crippen LogP contribution in [0.15, 0.2) is 18.2 Å². The van der Waals surface area contributed by atoms with Crippen LogP contribution in [0, 0.1) is 17.3 Å². The largest absolute Gasteiger partial charge is 0.497 e. The molecule has 3 nitrogen and oxygen atoms in total. The van der Waals surface area contributed by atoms with Gasteiger partial charge in [0.15, 0.2) is 0 Å². The molecule has 0 saturated heterocycles. The Balaban J connectivity index is 1.63. The third kappa shape index (κ3) is 2.62. The van der Waals surface area contributed by atoms with E-state index in [2.05, 4.69) is 32.0 Å². The van der Waals surface area contributed by atoms with Crippen molar-refractivity contribution in [2.24, 2.45) is 17.3 Å². The highest BCUT2D eigenvalue weighted by molar-refractivity contribution is 5.41. The molecule has 144 valence electrons. The van der Waals surface area contributed by atoms with Crippen molar-refractivity contribution in [1.82, 2.24) is 0 Å². The van der Waals surface area contributed by atoms with E-state index in [9.17, 15) is 10.2 Å². The van der Waals surface area contributed by atoms with Gasteiger partial charge in [-0.05, 0) is 85.0 Å². The lowest BCUT2D eigenvalue weighted by molar-refractivity contribution is -0.103. The van der Waals surface area contributed by atoms with Crippen molar-refractivity contribution >= 4 is 0 Å². The molecule has 2 N–H and O–H groups in total. The Morgan fingerprint density at radius 1 is 1.27 bits per heavy atom. The summed E-state index contributed by atoms with van der Waals surface area (Å²) in [5.41, 5.74) is 1.91. The van der Waals surface area contributed by atoms with Gasteiger partial charge in [0.2, 0.25) is 0 Å². The summed E-state index contributed by atoms with van der Waals surface area (Å²) in [6.45, 7) is 4.40. The van der Waals surface area contributed by atoms with Crippen molar-refractivity contribution in [2.45, 2.75) is 82.8 Å². The van der Waals surface area contributed by atoms with Crippen molar-refractivity contribution < 1.29 is 14.9 Å². The normalized spacial score (nSPS) is 41.3. The molecule has 1 aromatic rings. The topological polar surface area (TPSA) is 49.7 Å². The van der Waals surface area contributed by atoms with Crippen LogP contribution >= 0.6 is 0 Å². The molecule has 2 fully saturated rings. The smallest absolute Gasteiger partial charge is 0.119 e. The summed E-state index contributed by atoms with van der Waals surface area (Å²) in [5, 5.41) is 22.4. The van der Waals surface area contributed by atoms with E-state index in [0.29, 0.717) is 17.8 Å². The van der Waals surface area contributed by atoms with E-state index in [0.717, 1.165) is 50.7 Å². The third-order valence-electron chi connectivity index (χ3n) is 8.04. The van der Waals surface area contributed by atoms with Crippen molar-refractivity contribution in [1.29, 1.82) is 0 Å². The number of fused-ring (bicyclic) bond motifs is 5. The first-order valence-electron chi connectivity index (χ1n) is 10.5. The number of aliphatic hydroxyl groups is 2. The number of benzene rings is 1. The maximum absolute atomic E-state index is 11.3. The zero-order valence-electron chi connectivity index (χ0n) is 16.5. The van der Waals surface area contributed by atoms with Gasteiger partial charge in [0.05, 0.1) is 18.8 Å². The molecule has 1 aromatic carbocycles. The van der Waals surface area contributed by atoms with Gasteiger partial charge in [-0.15, -0.1) is 0 Å². The Morgan fingerprint density at radius 3 is 2.81 bits per heavy atom. The summed E-state index contributed by atoms with van der Waals surface area (Å²) < 4.78 is 5.41. The number of ether oxygens (including phenoxy) is 1. The van der Waals surface area contributed by atoms with Gasteiger partial charge in [0.1, 0.15) is 5.75 Å². The van der Waals surface area contributed by atoms with Gasteiger partial charge < -0.3 is 14.9 Å². The zero-order chi connectivity index (χ0) is 18.5. The van der Waals surface area contributed by atoms with Gasteiger partial charge in [-0.25, -0.2) is 0 Å². The van der Waals surface area contributed by atoms with Crippen molar-refractivity contribution in [3.8, 4) is 5.75 Å². The molecule has 0 aromatic heterocycles. The summed E-state index contributed by atoms with van der Waals surface area (Å²) in [7, 11) is 1.73. The van der Waals surface area contributed by atoms with Crippen LogP contribution in [0.1, 0.15) is 75.8 Å². The molecule has 0 amide bonds. The summed E-state index contributed by atoms with van der Waals surface area (Å²) in [5.74, 6) is 2.53. The second-order valence-electron chi connectivity index (χ2n) is 9.34. The zero-order valence-corrected chi connectivity index (χ0v) is 16.5. The first-order chi connectivity index (χ1) is 12.4. The fraction of sp³-hybridized carbons (Fsp3) is 0.739. The predicted molar refractivity (Wildman–Crippen MR) is 103 cm³/mol. The summed E-state index contributed by atoms with van der Waals surface area (Å²) in [6, 6.07) is 6.57. The minimum absolute atomic E-state index is 0.131. The lowest BCUT2D eigenvalue weighted by Crippen LogP contribution is -2.47. The van der Waals surface area contributed by atoms with Crippen LogP contribution < -0.4 is 4.74 Å². The SMILES string of the molecule is CCCC[C@@]1(O)C[C@H]2[C@@H]3CCc4cc(OC)ccc4[C@@H]3CC[C@]2(C)[C@@H]1O. The van der Waals surface area contributed by atoms with Gasteiger partial charge in [-0.1, -0.05) is 32.8 Å². The molecule has 0 aliphatic heterocycles. The maximum Gasteiger partial charge on any atom is 0.119 e. The molecular weight excluding hydrogens is 324 g/mol. The molecule has 0 bridgehead atoms. The number of methoxy groups -OCH3 is 1. The fourth-order valence-electron chi connectivity index (χ4n) is 6.59. The minimum Gasteiger partial charge on any atom is -0.497 e. The highest BCUT2D eigenvalue weighted by Gasteiger charge is 2.62. The molecule has 3 aliphatic rings. The predicted octanol–water partition coefficient (Wildman–Crippen LogP) is 4.44. The van der Waals surface area contributed by atoms with Crippen LogP contribution in [0.2, 0.25) is 0 Å². The third-order valence-corrected chi connectivity index (χ3v) is 8.04. The van der Waals surface area contributed by atoms with E-state index >= 15 is 0 Å². The number of rotatable bonds is 4. The number of aliphatic hydroxyl groups excluding tert-OH is 1. The van der Waals surface area contributed by atoms with E-state index in [4.69, 9.17) is 4.74 Å². The number of unbranched alkanes of at least 4 members (excludes halogenated alkanes) is 1. The average molecular weight is 359 g/mol. The van der Waals surface area contributed by atoms with Crippen LogP contribution in [0.5, 0.6) is 5.75 Å². The van der Waals surface area contributed by atoms with Crippen LogP contribution in [-0.2, 0) is 6.42 Å². The van der Waals surface area contributed by atoms with Crippen LogP contribution in [0.3, 0.4) is 0 Å². The molecule has 6 atom stereocenters. The molecule has 3 heteroatoms. The van der Waals surface area contributed by atoms with E-state index in [1.54, 1.807) is 7.11 Å². The first kappa shape index (κ1) is 18.3. The molecule has 0 spiro atoms. The molecule has 26 heavy (non-hydrogen) atoms. The van der Waals surface area contributed by atoms with Crippen LogP contribution in [0.4, 0.5) is 0 Å². The van der Waals surface area contributed by atoms with Crippen LogP contribution in [-0.4, -0.2) is 29.0 Å². The van der Waals surface area contributed by atoms with E-state index in [-0.39, 0.29) is 5.41 Å². The molecule has 4 rings (SSSR count). The summed E-state index contributed by atoms with van der Waals surface area (Å²) in [6.07, 6.45) is 7.39. The van der Waals surface area contributed by atoms with Crippen molar-refractivity contribution in [3.63, 3.8) is 0 Å². The standard InChI is InChI=1S/C23H34O3/c1-4-5-11-23(25)14-20-19-8-6-15-13-16(26-3)7-9-17(15)18(19)10-12-22(20,2)21(23)24/h7,9,13,18-21,24-25H,4-6,8,10-12,14H2,1-3H3/t18-,19+,20-,21-,22-,23+/m0/s1. The number of hydrogen-bond acceptors (Lipinski definition) is 3. The minimum atomic E-state index is -0.884. The van der Waals surface area contributed by atoms with E-state index < -0.39 is 11.7 Å². The highest BCUT2D eigenvalue weighted by Crippen LogP contribution is 2.63. The lowest BCUT2D eigenvalue weighted by Gasteiger charge is -2.50. The van der Waals surface area contributed by atoms with Gasteiger partial charge in [-0.3, -0.25) is 0 Å². The summed E-state index contributed by atoms with van der Waals surface area (Å²) in [4.78, 5) is 0. The quantitative estimate of drug-likeness (QED) is 0.836. The molecule has 0 radical (unpaired) electrons. The molecule has 0 unspecified atom stereocenters. The Labute approximate surface area is 157 Å². The second-order valence-corrected chi connectivity index (χ2v) is 9.34. The highest BCUT2D eigenvalue weighted by atomic mass is 16.5. The van der Waals surface area contributed by atoms with E-state index in [1.165, 1.54) is 17.5 Å². The lowest BCUT2D eigenvalue weighted by atomic mass is 9.55. The second kappa shape index (κ2) is 6.53.